The topological polar surface area (TPSA) is 58.5 Å². The van der Waals surface area contributed by atoms with Crippen molar-refractivity contribution in [3.63, 3.8) is 0 Å². The molecule has 0 bridgehead atoms. The Labute approximate surface area is 103 Å². The molecule has 0 radical (unpaired) electrons. The largest absolute Gasteiger partial charge is 0.348 e. The van der Waals surface area contributed by atoms with Crippen molar-refractivity contribution in [2.45, 2.75) is 12.5 Å². The molecule has 1 N–H and O–H groups in total. The lowest BCUT2D eigenvalue weighted by Gasteiger charge is -2.12. The maximum Gasteiger partial charge on any atom is 0.230 e. The summed E-state index contributed by atoms with van der Waals surface area (Å²) in [6.07, 6.45) is 0.947. The van der Waals surface area contributed by atoms with E-state index in [1.807, 2.05) is 0 Å². The molecule has 0 aromatic heterocycles. The van der Waals surface area contributed by atoms with Crippen LogP contribution in [0, 0.1) is 4.91 Å². The Bertz CT molecular complexity index is 318. The summed E-state index contributed by atoms with van der Waals surface area (Å²) in [6.45, 7) is 7.32. The average molecular weight is 258 g/mol. The summed E-state index contributed by atoms with van der Waals surface area (Å²) in [5.41, 5.74) is 0.263. The van der Waals surface area contributed by atoms with E-state index in [1.165, 1.54) is 11.8 Å². The van der Waals surface area contributed by atoms with Crippen LogP contribution in [0.1, 0.15) is 6.42 Å². The predicted octanol–water partition coefficient (Wildman–Crippen LogP) is 2.14. The maximum absolute atomic E-state index is 11.5. The van der Waals surface area contributed by atoms with Gasteiger partial charge in [0.05, 0.1) is 17.5 Å². The number of thioether (sulfide) groups is 2. The van der Waals surface area contributed by atoms with Gasteiger partial charge in [-0.05, 0) is 11.6 Å². The van der Waals surface area contributed by atoms with Crippen molar-refractivity contribution in [3.05, 3.63) is 28.7 Å². The second-order valence-corrected chi connectivity index (χ2v) is 5.58. The van der Waals surface area contributed by atoms with Gasteiger partial charge in [0.25, 0.3) is 0 Å². The normalized spacial score (nSPS) is 19.5. The minimum absolute atomic E-state index is 0.0302. The Morgan fingerprint density at radius 2 is 2.38 bits per heavy atom. The van der Waals surface area contributed by atoms with Gasteiger partial charge in [-0.15, -0.1) is 28.4 Å². The molecule has 0 saturated carbocycles. The number of nitrogens with zero attached hydrogens (tertiary/aromatic N) is 1. The summed E-state index contributed by atoms with van der Waals surface area (Å²) in [4.78, 5) is 22.5. The Hall–Kier alpha value is -0.750. The first-order valence-corrected chi connectivity index (χ1v) is 6.97. The minimum Gasteiger partial charge on any atom is -0.348 e. The minimum atomic E-state index is -0.0302. The Kier molecular flexibility index (Phi) is 5.62. The van der Waals surface area contributed by atoms with Gasteiger partial charge in [0, 0.05) is 16.4 Å². The van der Waals surface area contributed by atoms with Crippen LogP contribution in [-0.4, -0.2) is 29.2 Å². The van der Waals surface area contributed by atoms with Crippen LogP contribution in [0.3, 0.4) is 0 Å². The van der Waals surface area contributed by atoms with Crippen LogP contribution in [0.15, 0.2) is 28.9 Å². The highest BCUT2D eigenvalue weighted by molar-refractivity contribution is 8.03. The molecule has 0 spiro atoms. The molecule has 1 aliphatic rings. The number of rotatable bonds is 6. The van der Waals surface area contributed by atoms with Crippen LogP contribution in [0.4, 0.5) is 0 Å². The number of hydrogen-bond acceptors (Lipinski definition) is 5. The summed E-state index contributed by atoms with van der Waals surface area (Å²) in [7, 11) is 0. The molecule has 6 heteroatoms. The van der Waals surface area contributed by atoms with E-state index in [1.54, 1.807) is 11.8 Å². The summed E-state index contributed by atoms with van der Waals surface area (Å²) in [5.74, 6) is 1.71. The maximum atomic E-state index is 11.5. The zero-order valence-corrected chi connectivity index (χ0v) is 10.5. The van der Waals surface area contributed by atoms with Gasteiger partial charge >= 0.3 is 0 Å². The highest BCUT2D eigenvalue weighted by atomic mass is 32.2. The van der Waals surface area contributed by atoms with E-state index in [-0.39, 0.29) is 17.6 Å². The SMILES string of the molecule is C=C(CSCC(=O)NC1CCSC1=C)N=O. The lowest BCUT2D eigenvalue weighted by Crippen LogP contribution is -2.34. The van der Waals surface area contributed by atoms with Gasteiger partial charge in [-0.3, -0.25) is 4.79 Å². The molecule has 1 amide bonds. The van der Waals surface area contributed by atoms with Crippen molar-refractivity contribution in [2.75, 3.05) is 17.3 Å². The van der Waals surface area contributed by atoms with Crippen molar-refractivity contribution >= 4 is 29.4 Å². The fourth-order valence-corrected chi connectivity index (χ4v) is 2.90. The van der Waals surface area contributed by atoms with Crippen LogP contribution >= 0.6 is 23.5 Å². The van der Waals surface area contributed by atoms with Gasteiger partial charge in [0.15, 0.2) is 0 Å². The third-order valence-electron chi connectivity index (χ3n) is 2.05. The molecule has 1 atom stereocenters. The van der Waals surface area contributed by atoms with E-state index in [9.17, 15) is 9.70 Å². The zero-order valence-electron chi connectivity index (χ0n) is 8.90. The van der Waals surface area contributed by atoms with Gasteiger partial charge in [-0.1, -0.05) is 13.2 Å². The molecule has 4 nitrogen and oxygen atoms in total. The monoisotopic (exact) mass is 258 g/mol. The van der Waals surface area contributed by atoms with Crippen molar-refractivity contribution in [2.24, 2.45) is 5.18 Å². The summed E-state index contributed by atoms with van der Waals surface area (Å²) in [6, 6.07) is 0.102. The number of nitrogens with one attached hydrogen (secondary N) is 1. The average Bonchev–Trinajstić information content (AvgIpc) is 2.64. The van der Waals surface area contributed by atoms with Gasteiger partial charge in [0.2, 0.25) is 5.91 Å². The molecular weight excluding hydrogens is 244 g/mol. The van der Waals surface area contributed by atoms with Crippen LogP contribution in [0.5, 0.6) is 0 Å². The number of carbonyl (C=O) groups excluding carboxylic acids is 1. The van der Waals surface area contributed by atoms with Crippen molar-refractivity contribution < 1.29 is 4.79 Å². The molecule has 1 rings (SSSR count). The lowest BCUT2D eigenvalue weighted by atomic mass is 10.2. The zero-order chi connectivity index (χ0) is 12.0. The van der Waals surface area contributed by atoms with Gasteiger partial charge in [0.1, 0.15) is 0 Å². The molecule has 0 aromatic carbocycles. The number of nitroso groups, excluding NO2 is 1. The van der Waals surface area contributed by atoms with Crippen molar-refractivity contribution in [3.8, 4) is 0 Å². The predicted molar refractivity (Wildman–Crippen MR) is 70.4 cm³/mol. The van der Waals surface area contributed by atoms with E-state index >= 15 is 0 Å². The molecule has 1 unspecified atom stereocenters. The van der Waals surface area contributed by atoms with Gasteiger partial charge in [-0.2, -0.15) is 0 Å². The van der Waals surface area contributed by atoms with Crippen molar-refractivity contribution in [1.82, 2.24) is 5.32 Å². The van der Waals surface area contributed by atoms with Crippen LogP contribution in [0.2, 0.25) is 0 Å². The van der Waals surface area contributed by atoms with E-state index in [2.05, 4.69) is 23.7 Å². The molecule has 0 aromatic rings. The molecule has 88 valence electrons. The Morgan fingerprint density at radius 1 is 1.62 bits per heavy atom. The first kappa shape index (κ1) is 13.3. The Balaban J connectivity index is 2.18. The van der Waals surface area contributed by atoms with Crippen LogP contribution in [-0.2, 0) is 4.79 Å². The fourth-order valence-electron chi connectivity index (χ4n) is 1.25. The van der Waals surface area contributed by atoms with E-state index < -0.39 is 0 Å². The highest BCUT2D eigenvalue weighted by Crippen LogP contribution is 2.28. The first-order valence-electron chi connectivity index (χ1n) is 4.83. The second-order valence-electron chi connectivity index (χ2n) is 3.37. The summed E-state index contributed by atoms with van der Waals surface area (Å²) >= 11 is 3.03. The Morgan fingerprint density at radius 3 is 2.94 bits per heavy atom. The quantitative estimate of drug-likeness (QED) is 0.742. The molecule has 1 fully saturated rings. The number of carbonyl (C=O) groups is 1. The molecule has 0 aliphatic carbocycles. The number of amides is 1. The van der Waals surface area contributed by atoms with Crippen molar-refractivity contribution in [1.29, 1.82) is 0 Å². The summed E-state index contributed by atoms with van der Waals surface area (Å²) in [5, 5.41) is 5.59. The van der Waals surface area contributed by atoms with E-state index in [0.717, 1.165) is 17.1 Å². The second kappa shape index (κ2) is 6.75. The fraction of sp³-hybridized carbons (Fsp3) is 0.500. The molecule has 1 saturated heterocycles. The smallest absolute Gasteiger partial charge is 0.230 e. The molecule has 16 heavy (non-hydrogen) atoms. The molecule has 1 heterocycles. The van der Waals surface area contributed by atoms with E-state index in [4.69, 9.17) is 0 Å². The van der Waals surface area contributed by atoms with Gasteiger partial charge < -0.3 is 5.32 Å². The third kappa shape index (κ3) is 4.40. The first-order chi connectivity index (χ1) is 7.63. The van der Waals surface area contributed by atoms with E-state index in [0.29, 0.717) is 11.5 Å². The van der Waals surface area contributed by atoms with Gasteiger partial charge in [-0.25, -0.2) is 0 Å². The van der Waals surface area contributed by atoms with Crippen LogP contribution in [0.25, 0.3) is 0 Å². The lowest BCUT2D eigenvalue weighted by molar-refractivity contribution is -0.118. The van der Waals surface area contributed by atoms with Crippen LogP contribution < -0.4 is 5.32 Å². The standard InChI is InChI=1S/C10H14N2O2S2/c1-7(12-14)5-15-6-10(13)11-9-3-4-16-8(9)2/h9H,1-6H2,(H,11,13). The third-order valence-corrected chi connectivity index (χ3v) is 4.15. The summed E-state index contributed by atoms with van der Waals surface area (Å²) < 4.78 is 0. The highest BCUT2D eigenvalue weighted by Gasteiger charge is 2.21. The molecular formula is C10H14N2O2S2. The number of hydrogen-bond donors (Lipinski definition) is 1. The molecule has 1 aliphatic heterocycles.